The average molecular weight is 520 g/mol. The number of hydrogen-bond donors (Lipinski definition) is 3. The number of anilines is 1. The smallest absolute Gasteiger partial charge is 0.338 e. The number of aromatic nitrogens is 1. The number of likely N-dealkylation sites (N-methyl/N-ethyl adjacent to an activating group) is 1. The Morgan fingerprint density at radius 1 is 0.921 bits per heavy atom. The molecule has 200 valence electrons. The molecule has 0 aliphatic heterocycles. The summed E-state index contributed by atoms with van der Waals surface area (Å²) >= 11 is 0. The molecule has 0 unspecified atom stereocenters. The highest BCUT2D eigenvalue weighted by Gasteiger charge is 2.10. The van der Waals surface area contributed by atoms with Gasteiger partial charge in [-0.05, 0) is 61.1 Å². The largest absolute Gasteiger partial charge is 0.461 e. The SMILES string of the molecule is CCN(CC)CCOC(=O)c1ccc(NC(=O)NCc2ccc(Oc3ccnc(C(=O)NC)c3)cc2)cc1. The molecule has 1 aromatic heterocycles. The number of rotatable bonds is 12. The normalized spacial score (nSPS) is 10.5. The zero-order valence-corrected chi connectivity index (χ0v) is 21.8. The molecule has 10 heteroatoms. The van der Waals surface area contributed by atoms with Gasteiger partial charge >= 0.3 is 12.0 Å². The van der Waals surface area contributed by atoms with E-state index in [0.29, 0.717) is 42.4 Å². The second kappa shape index (κ2) is 14.3. The van der Waals surface area contributed by atoms with Crippen LogP contribution < -0.4 is 20.7 Å². The summed E-state index contributed by atoms with van der Waals surface area (Å²) in [4.78, 5) is 42.4. The van der Waals surface area contributed by atoms with E-state index in [4.69, 9.17) is 9.47 Å². The number of pyridine rings is 1. The summed E-state index contributed by atoms with van der Waals surface area (Å²) < 4.78 is 11.1. The molecule has 0 bridgehead atoms. The maximum Gasteiger partial charge on any atom is 0.338 e. The molecular formula is C28H33N5O5. The number of nitrogens with zero attached hydrogens (tertiary/aromatic N) is 2. The van der Waals surface area contributed by atoms with Gasteiger partial charge in [0.05, 0.1) is 5.56 Å². The van der Waals surface area contributed by atoms with Crippen molar-refractivity contribution in [2.45, 2.75) is 20.4 Å². The average Bonchev–Trinajstić information content (AvgIpc) is 2.95. The van der Waals surface area contributed by atoms with Crippen LogP contribution in [0.3, 0.4) is 0 Å². The third-order valence-corrected chi connectivity index (χ3v) is 5.72. The first-order valence-corrected chi connectivity index (χ1v) is 12.4. The van der Waals surface area contributed by atoms with Crippen LogP contribution in [0.1, 0.15) is 40.3 Å². The Morgan fingerprint density at radius 3 is 2.29 bits per heavy atom. The van der Waals surface area contributed by atoms with E-state index in [1.54, 1.807) is 48.5 Å². The monoisotopic (exact) mass is 519 g/mol. The van der Waals surface area contributed by atoms with E-state index >= 15 is 0 Å². The van der Waals surface area contributed by atoms with Crippen LogP contribution in [0.15, 0.2) is 66.9 Å². The maximum absolute atomic E-state index is 12.3. The van der Waals surface area contributed by atoms with Gasteiger partial charge in [-0.15, -0.1) is 0 Å². The fraction of sp³-hybridized carbons (Fsp3) is 0.286. The Hall–Kier alpha value is -4.44. The van der Waals surface area contributed by atoms with Gasteiger partial charge in [-0.1, -0.05) is 26.0 Å². The predicted molar refractivity (Wildman–Crippen MR) is 145 cm³/mol. The van der Waals surface area contributed by atoms with Crippen LogP contribution in [0, 0.1) is 0 Å². The molecule has 1 heterocycles. The van der Waals surface area contributed by atoms with Crippen LogP contribution >= 0.6 is 0 Å². The van der Waals surface area contributed by atoms with Crippen LogP contribution in [0.25, 0.3) is 0 Å². The van der Waals surface area contributed by atoms with Gasteiger partial charge < -0.3 is 30.3 Å². The summed E-state index contributed by atoms with van der Waals surface area (Å²) in [6, 6.07) is 16.6. The van der Waals surface area contributed by atoms with Crippen LogP contribution in [0.4, 0.5) is 10.5 Å². The molecule has 0 aliphatic rings. The van der Waals surface area contributed by atoms with Crippen molar-refractivity contribution < 1.29 is 23.9 Å². The first-order chi connectivity index (χ1) is 18.4. The highest BCUT2D eigenvalue weighted by molar-refractivity contribution is 5.93. The van der Waals surface area contributed by atoms with Crippen molar-refractivity contribution >= 4 is 23.6 Å². The molecule has 0 fully saturated rings. The quantitative estimate of drug-likeness (QED) is 0.309. The molecule has 10 nitrogen and oxygen atoms in total. The number of hydrogen-bond acceptors (Lipinski definition) is 7. The van der Waals surface area contributed by atoms with Crippen LogP contribution in [0.2, 0.25) is 0 Å². The van der Waals surface area contributed by atoms with Crippen LogP contribution in [-0.4, -0.2) is 61.1 Å². The minimum Gasteiger partial charge on any atom is -0.461 e. The Bertz CT molecular complexity index is 1210. The van der Waals surface area contributed by atoms with Crippen molar-refractivity contribution in [2.75, 3.05) is 38.6 Å². The van der Waals surface area contributed by atoms with Gasteiger partial charge in [-0.25, -0.2) is 9.59 Å². The van der Waals surface area contributed by atoms with E-state index in [1.807, 2.05) is 12.1 Å². The van der Waals surface area contributed by atoms with Crippen molar-refractivity contribution in [1.82, 2.24) is 20.5 Å². The topological polar surface area (TPSA) is 122 Å². The number of nitrogens with one attached hydrogen (secondary N) is 3. The highest BCUT2D eigenvalue weighted by Crippen LogP contribution is 2.22. The van der Waals surface area contributed by atoms with E-state index in [0.717, 1.165) is 18.7 Å². The lowest BCUT2D eigenvalue weighted by Crippen LogP contribution is -2.28. The molecule has 0 atom stereocenters. The minimum absolute atomic E-state index is 0.261. The first kappa shape index (κ1) is 28.1. The number of amides is 3. The second-order valence-corrected chi connectivity index (χ2v) is 8.25. The molecule has 38 heavy (non-hydrogen) atoms. The Labute approximate surface area is 222 Å². The lowest BCUT2D eigenvalue weighted by Gasteiger charge is -2.17. The summed E-state index contributed by atoms with van der Waals surface area (Å²) in [5, 5.41) is 8.05. The highest BCUT2D eigenvalue weighted by atomic mass is 16.5. The van der Waals surface area contributed by atoms with Crippen molar-refractivity contribution in [1.29, 1.82) is 0 Å². The third kappa shape index (κ3) is 8.59. The van der Waals surface area contributed by atoms with E-state index in [-0.39, 0.29) is 17.6 Å². The Morgan fingerprint density at radius 2 is 1.63 bits per heavy atom. The molecule has 3 amide bonds. The lowest BCUT2D eigenvalue weighted by atomic mass is 10.2. The number of carbonyl (C=O) groups excluding carboxylic acids is 3. The molecule has 3 aromatic rings. The van der Waals surface area contributed by atoms with Gasteiger partial charge in [0.2, 0.25) is 0 Å². The summed E-state index contributed by atoms with van der Waals surface area (Å²) in [5.74, 6) is 0.383. The number of carbonyl (C=O) groups is 3. The van der Waals surface area contributed by atoms with Crippen molar-refractivity contribution in [3.63, 3.8) is 0 Å². The van der Waals surface area contributed by atoms with Crippen LogP contribution in [-0.2, 0) is 11.3 Å². The predicted octanol–water partition coefficient (Wildman–Crippen LogP) is 4.05. The maximum atomic E-state index is 12.3. The van der Waals surface area contributed by atoms with E-state index in [1.165, 1.54) is 13.2 Å². The summed E-state index contributed by atoms with van der Waals surface area (Å²) in [6.45, 7) is 7.27. The fourth-order valence-electron chi connectivity index (χ4n) is 3.48. The Balaban J connectivity index is 1.43. The van der Waals surface area contributed by atoms with Crippen LogP contribution in [0.5, 0.6) is 11.5 Å². The van der Waals surface area contributed by atoms with Gasteiger partial charge in [-0.2, -0.15) is 0 Å². The number of benzene rings is 2. The Kier molecular flexibility index (Phi) is 10.6. The number of urea groups is 1. The van der Waals surface area contributed by atoms with Gasteiger partial charge in [0.25, 0.3) is 5.91 Å². The first-order valence-electron chi connectivity index (χ1n) is 12.4. The number of esters is 1. The third-order valence-electron chi connectivity index (χ3n) is 5.72. The lowest BCUT2D eigenvalue weighted by molar-refractivity contribution is 0.0466. The van der Waals surface area contributed by atoms with E-state index in [2.05, 4.69) is 39.7 Å². The van der Waals surface area contributed by atoms with Gasteiger partial charge in [0, 0.05) is 38.1 Å². The fourth-order valence-corrected chi connectivity index (χ4v) is 3.48. The standard InChI is InChI=1S/C28H33N5O5/c1-4-33(5-2)16-17-37-27(35)21-8-10-22(11-9-21)32-28(36)31-19-20-6-12-23(13-7-20)38-24-14-15-30-25(18-24)26(34)29-3/h6-15,18H,4-5,16-17,19H2,1-3H3,(H,29,34)(H2,31,32,36). The van der Waals surface area contributed by atoms with Crippen molar-refractivity contribution in [3.8, 4) is 11.5 Å². The van der Waals surface area contributed by atoms with Crippen molar-refractivity contribution in [3.05, 3.63) is 83.7 Å². The number of ether oxygens (including phenoxy) is 2. The van der Waals surface area contributed by atoms with E-state index in [9.17, 15) is 14.4 Å². The summed E-state index contributed by atoms with van der Waals surface area (Å²) in [7, 11) is 1.54. The molecule has 3 N–H and O–H groups in total. The molecule has 0 saturated carbocycles. The molecule has 0 radical (unpaired) electrons. The van der Waals surface area contributed by atoms with Gasteiger partial charge in [-0.3, -0.25) is 9.78 Å². The van der Waals surface area contributed by atoms with Crippen molar-refractivity contribution in [2.24, 2.45) is 0 Å². The van der Waals surface area contributed by atoms with Gasteiger partial charge in [0.1, 0.15) is 23.8 Å². The minimum atomic E-state index is -0.392. The molecule has 3 rings (SSSR count). The zero-order chi connectivity index (χ0) is 27.3. The molecule has 0 spiro atoms. The molecular weight excluding hydrogens is 486 g/mol. The summed E-state index contributed by atoms with van der Waals surface area (Å²) in [6.07, 6.45) is 1.50. The molecule has 2 aromatic carbocycles. The molecule has 0 saturated heterocycles. The second-order valence-electron chi connectivity index (χ2n) is 8.25. The van der Waals surface area contributed by atoms with E-state index < -0.39 is 5.97 Å². The van der Waals surface area contributed by atoms with Gasteiger partial charge in [0.15, 0.2) is 0 Å². The molecule has 0 aliphatic carbocycles. The summed E-state index contributed by atoms with van der Waals surface area (Å²) in [5.41, 5.74) is 2.11. The zero-order valence-electron chi connectivity index (χ0n) is 21.8.